The highest BCUT2D eigenvalue weighted by Gasteiger charge is 2.72. The van der Waals surface area contributed by atoms with Crippen LogP contribution in [-0.2, 0) is 16.0 Å². The van der Waals surface area contributed by atoms with Crippen LogP contribution in [0.25, 0.3) is 10.8 Å². The number of aliphatic carboxylic acids is 1. The SMILES string of the molecule is CC1(C(=O)NCC(Cc2ccc3ccccc3c2)C(=O)O)CC1(F)F. The number of benzene rings is 2. The van der Waals surface area contributed by atoms with Gasteiger partial charge in [0.15, 0.2) is 0 Å². The summed E-state index contributed by atoms with van der Waals surface area (Å²) in [5.74, 6) is -5.74. The Hall–Kier alpha value is -2.50. The van der Waals surface area contributed by atoms with E-state index in [2.05, 4.69) is 5.32 Å². The molecule has 0 heterocycles. The lowest BCUT2D eigenvalue weighted by molar-refractivity contribution is -0.141. The molecular formula is C19H19F2NO3. The van der Waals surface area contributed by atoms with Gasteiger partial charge in [-0.15, -0.1) is 0 Å². The molecule has 0 spiro atoms. The van der Waals surface area contributed by atoms with E-state index in [1.165, 1.54) is 6.92 Å². The van der Waals surface area contributed by atoms with E-state index in [1.54, 1.807) is 0 Å². The van der Waals surface area contributed by atoms with Gasteiger partial charge in [0.25, 0.3) is 5.92 Å². The Morgan fingerprint density at radius 1 is 1.20 bits per heavy atom. The Labute approximate surface area is 143 Å². The van der Waals surface area contributed by atoms with E-state index in [1.807, 2.05) is 42.5 Å². The van der Waals surface area contributed by atoms with Crippen molar-refractivity contribution in [1.82, 2.24) is 5.32 Å². The molecule has 0 bridgehead atoms. The number of carboxylic acids is 1. The number of carbonyl (C=O) groups excluding carboxylic acids is 1. The van der Waals surface area contributed by atoms with Crippen molar-refractivity contribution in [3.63, 3.8) is 0 Å². The highest BCUT2D eigenvalue weighted by atomic mass is 19.3. The van der Waals surface area contributed by atoms with Gasteiger partial charge in [0.1, 0.15) is 5.41 Å². The predicted octanol–water partition coefficient (Wildman–Crippen LogP) is 3.24. The Balaban J connectivity index is 1.67. The van der Waals surface area contributed by atoms with Crippen LogP contribution in [-0.4, -0.2) is 29.5 Å². The second-order valence-electron chi connectivity index (χ2n) is 6.84. The van der Waals surface area contributed by atoms with Gasteiger partial charge >= 0.3 is 5.97 Å². The lowest BCUT2D eigenvalue weighted by Crippen LogP contribution is -2.39. The average molecular weight is 347 g/mol. The minimum atomic E-state index is -3.01. The lowest BCUT2D eigenvalue weighted by Gasteiger charge is -2.16. The molecule has 3 rings (SSSR count). The smallest absolute Gasteiger partial charge is 0.308 e. The molecule has 132 valence electrons. The zero-order valence-corrected chi connectivity index (χ0v) is 13.8. The number of hydrogen-bond donors (Lipinski definition) is 2. The Kier molecular flexibility index (Phi) is 4.22. The van der Waals surface area contributed by atoms with Crippen LogP contribution in [0.4, 0.5) is 8.78 Å². The summed E-state index contributed by atoms with van der Waals surface area (Å²) in [6.45, 7) is 1.02. The van der Waals surface area contributed by atoms with Gasteiger partial charge in [-0.2, -0.15) is 0 Å². The highest BCUT2D eigenvalue weighted by molar-refractivity contribution is 5.87. The monoisotopic (exact) mass is 347 g/mol. The largest absolute Gasteiger partial charge is 0.481 e. The maximum atomic E-state index is 13.2. The number of carboxylic acid groups (broad SMARTS) is 1. The van der Waals surface area contributed by atoms with Crippen LogP contribution in [0.2, 0.25) is 0 Å². The third-order valence-electron chi connectivity index (χ3n) is 4.91. The molecule has 0 saturated heterocycles. The van der Waals surface area contributed by atoms with E-state index in [0.717, 1.165) is 16.3 Å². The fourth-order valence-corrected chi connectivity index (χ4v) is 2.95. The van der Waals surface area contributed by atoms with Crippen molar-refractivity contribution in [2.24, 2.45) is 11.3 Å². The first kappa shape index (κ1) is 17.3. The first-order valence-corrected chi connectivity index (χ1v) is 8.09. The van der Waals surface area contributed by atoms with Crippen molar-refractivity contribution < 1.29 is 23.5 Å². The molecule has 1 fully saturated rings. The number of rotatable bonds is 6. The molecule has 2 atom stereocenters. The molecule has 0 aromatic heterocycles. The maximum absolute atomic E-state index is 13.2. The summed E-state index contributed by atoms with van der Waals surface area (Å²) in [6, 6.07) is 13.4. The van der Waals surface area contributed by atoms with E-state index in [-0.39, 0.29) is 13.0 Å². The molecule has 2 N–H and O–H groups in total. The number of amides is 1. The van der Waals surface area contributed by atoms with Crippen LogP contribution < -0.4 is 5.32 Å². The van der Waals surface area contributed by atoms with Crippen LogP contribution >= 0.6 is 0 Å². The summed E-state index contributed by atoms with van der Waals surface area (Å²) in [7, 11) is 0. The fraction of sp³-hybridized carbons (Fsp3) is 0.368. The lowest BCUT2D eigenvalue weighted by atomic mass is 9.96. The van der Waals surface area contributed by atoms with Crippen molar-refractivity contribution in [2.75, 3.05) is 6.54 Å². The molecule has 4 nitrogen and oxygen atoms in total. The molecule has 1 amide bonds. The van der Waals surface area contributed by atoms with E-state index in [4.69, 9.17) is 0 Å². The maximum Gasteiger partial charge on any atom is 0.308 e. The third kappa shape index (κ3) is 3.34. The van der Waals surface area contributed by atoms with E-state index in [0.29, 0.717) is 0 Å². The predicted molar refractivity (Wildman–Crippen MR) is 89.5 cm³/mol. The van der Waals surface area contributed by atoms with Gasteiger partial charge in [0, 0.05) is 13.0 Å². The summed E-state index contributed by atoms with van der Waals surface area (Å²) in [6.07, 6.45) is -0.276. The van der Waals surface area contributed by atoms with Crippen LogP contribution in [0.5, 0.6) is 0 Å². The minimum Gasteiger partial charge on any atom is -0.481 e. The first-order valence-electron chi connectivity index (χ1n) is 8.09. The molecular weight excluding hydrogens is 328 g/mol. The summed E-state index contributed by atoms with van der Waals surface area (Å²) >= 11 is 0. The van der Waals surface area contributed by atoms with Gasteiger partial charge < -0.3 is 10.4 Å². The van der Waals surface area contributed by atoms with Crippen LogP contribution in [0, 0.1) is 11.3 Å². The Morgan fingerprint density at radius 2 is 1.84 bits per heavy atom. The number of carbonyl (C=O) groups is 2. The molecule has 1 aliphatic carbocycles. The average Bonchev–Trinajstić information content (AvgIpc) is 3.10. The van der Waals surface area contributed by atoms with Crippen LogP contribution in [0.15, 0.2) is 42.5 Å². The van der Waals surface area contributed by atoms with E-state index < -0.39 is 35.6 Å². The topological polar surface area (TPSA) is 66.4 Å². The summed E-state index contributed by atoms with van der Waals surface area (Å²) < 4.78 is 26.5. The molecule has 0 radical (unpaired) electrons. The summed E-state index contributed by atoms with van der Waals surface area (Å²) in [5.41, 5.74) is -0.887. The second-order valence-corrected chi connectivity index (χ2v) is 6.84. The number of halogens is 2. The molecule has 25 heavy (non-hydrogen) atoms. The molecule has 6 heteroatoms. The van der Waals surface area contributed by atoms with E-state index >= 15 is 0 Å². The molecule has 2 unspecified atom stereocenters. The highest BCUT2D eigenvalue weighted by Crippen LogP contribution is 2.60. The normalized spacial score (nSPS) is 22.4. The molecule has 1 aliphatic rings. The zero-order chi connectivity index (χ0) is 18.2. The third-order valence-corrected chi connectivity index (χ3v) is 4.91. The summed E-state index contributed by atoms with van der Waals surface area (Å²) in [4.78, 5) is 23.4. The Bertz CT molecular complexity index is 836. The van der Waals surface area contributed by atoms with Crippen LogP contribution in [0.1, 0.15) is 18.9 Å². The van der Waals surface area contributed by atoms with Crippen LogP contribution in [0.3, 0.4) is 0 Å². The Morgan fingerprint density at radius 3 is 2.44 bits per heavy atom. The molecule has 0 aliphatic heterocycles. The van der Waals surface area contributed by atoms with Gasteiger partial charge in [-0.1, -0.05) is 42.5 Å². The second kappa shape index (κ2) is 6.10. The van der Waals surface area contributed by atoms with Gasteiger partial charge in [0.2, 0.25) is 5.91 Å². The minimum absolute atomic E-state index is 0.174. The molecule has 1 saturated carbocycles. The van der Waals surface area contributed by atoms with Gasteiger partial charge in [-0.25, -0.2) is 8.78 Å². The van der Waals surface area contributed by atoms with Crippen molar-refractivity contribution in [3.05, 3.63) is 48.0 Å². The van der Waals surface area contributed by atoms with Crippen molar-refractivity contribution in [2.45, 2.75) is 25.7 Å². The quantitative estimate of drug-likeness (QED) is 0.843. The zero-order valence-electron chi connectivity index (χ0n) is 13.8. The number of hydrogen-bond acceptors (Lipinski definition) is 2. The standard InChI is InChI=1S/C19H19F2NO3/c1-18(11-19(18,20)21)17(25)22-10-15(16(23)24)9-12-6-7-13-4-2-3-5-14(13)8-12/h2-8,15H,9-11H2,1H3,(H,22,25)(H,23,24). The number of alkyl halides is 2. The van der Waals surface area contributed by atoms with Crippen molar-refractivity contribution >= 4 is 22.6 Å². The summed E-state index contributed by atoms with van der Waals surface area (Å²) in [5, 5.41) is 13.8. The fourth-order valence-electron chi connectivity index (χ4n) is 2.95. The molecule has 2 aromatic carbocycles. The first-order chi connectivity index (χ1) is 11.7. The van der Waals surface area contributed by atoms with Gasteiger partial charge in [-0.05, 0) is 29.7 Å². The van der Waals surface area contributed by atoms with E-state index in [9.17, 15) is 23.5 Å². The van der Waals surface area contributed by atoms with Crippen molar-refractivity contribution in [3.8, 4) is 0 Å². The molecule has 2 aromatic rings. The van der Waals surface area contributed by atoms with Gasteiger partial charge in [-0.3, -0.25) is 9.59 Å². The number of fused-ring (bicyclic) bond motifs is 1. The van der Waals surface area contributed by atoms with Gasteiger partial charge in [0.05, 0.1) is 5.92 Å². The van der Waals surface area contributed by atoms with Crippen molar-refractivity contribution in [1.29, 1.82) is 0 Å². The number of nitrogens with one attached hydrogen (secondary N) is 1.